The molecule has 3 aromatic heterocycles. The minimum Gasteiger partial charge on any atom is -0.461 e. The summed E-state index contributed by atoms with van der Waals surface area (Å²) in [5, 5.41) is 6.81. The number of nitrogens with zero attached hydrogens (tertiary/aromatic N) is 2. The van der Waals surface area contributed by atoms with E-state index in [0.717, 1.165) is 0 Å². The van der Waals surface area contributed by atoms with Gasteiger partial charge in [-0.1, -0.05) is 0 Å². The van der Waals surface area contributed by atoms with Gasteiger partial charge in [0.25, 0.3) is 0 Å². The van der Waals surface area contributed by atoms with Crippen LogP contribution in [0.5, 0.6) is 0 Å². The summed E-state index contributed by atoms with van der Waals surface area (Å²) < 4.78 is 10.4. The Balaban J connectivity index is 2.02. The zero-order chi connectivity index (χ0) is 10.1. The van der Waals surface area contributed by atoms with Crippen molar-refractivity contribution in [2.24, 2.45) is 0 Å². The lowest BCUT2D eigenvalue weighted by Crippen LogP contribution is -1.76. The molecule has 1 N–H and O–H groups in total. The molecule has 0 fully saturated rings. The van der Waals surface area contributed by atoms with Gasteiger partial charge >= 0.3 is 0 Å². The van der Waals surface area contributed by atoms with Crippen LogP contribution < -0.4 is 0 Å². The van der Waals surface area contributed by atoms with E-state index in [1.54, 1.807) is 30.7 Å². The molecule has 0 unspecified atom stereocenters. The Kier molecular flexibility index (Phi) is 1.68. The molecule has 0 bridgehead atoms. The molecule has 0 saturated carbocycles. The van der Waals surface area contributed by atoms with Crippen LogP contribution in [0, 0.1) is 0 Å². The molecule has 5 nitrogen and oxygen atoms in total. The second-order valence-electron chi connectivity index (χ2n) is 2.96. The van der Waals surface area contributed by atoms with Crippen LogP contribution in [0.3, 0.4) is 0 Å². The first-order valence-corrected chi connectivity index (χ1v) is 4.43. The van der Waals surface area contributed by atoms with Crippen LogP contribution in [0.1, 0.15) is 0 Å². The van der Waals surface area contributed by atoms with Gasteiger partial charge in [-0.05, 0) is 24.3 Å². The maximum absolute atomic E-state index is 5.19. The molecule has 0 aliphatic carbocycles. The Hall–Kier alpha value is -2.30. The van der Waals surface area contributed by atoms with Crippen LogP contribution in [0.15, 0.2) is 45.6 Å². The molecule has 0 aliphatic heterocycles. The fraction of sp³-hybridized carbons (Fsp3) is 0. The maximum Gasteiger partial charge on any atom is 0.217 e. The van der Waals surface area contributed by atoms with Crippen molar-refractivity contribution in [1.82, 2.24) is 15.2 Å². The van der Waals surface area contributed by atoms with Gasteiger partial charge in [0.1, 0.15) is 0 Å². The molecule has 0 amide bonds. The second-order valence-corrected chi connectivity index (χ2v) is 2.96. The van der Waals surface area contributed by atoms with Gasteiger partial charge in [-0.3, -0.25) is 5.10 Å². The topological polar surface area (TPSA) is 67.8 Å². The molecule has 0 atom stereocenters. The summed E-state index contributed by atoms with van der Waals surface area (Å²) in [5.74, 6) is 2.39. The van der Waals surface area contributed by atoms with E-state index in [9.17, 15) is 0 Å². The van der Waals surface area contributed by atoms with E-state index in [0.29, 0.717) is 23.2 Å². The molecule has 3 aromatic rings. The lowest BCUT2D eigenvalue weighted by atomic mass is 10.4. The first kappa shape index (κ1) is 8.05. The summed E-state index contributed by atoms with van der Waals surface area (Å²) in [4.78, 5) is 4.24. The fourth-order valence-electron chi connectivity index (χ4n) is 1.30. The maximum atomic E-state index is 5.19. The minimum absolute atomic E-state index is 0.520. The van der Waals surface area contributed by atoms with Crippen molar-refractivity contribution >= 4 is 0 Å². The standard InChI is InChI=1S/C10H7N3O2/c1-3-7(14-5-1)9-11-10(13-12-9)8-4-2-6-15-8/h1-6H,(H,11,12,13). The van der Waals surface area contributed by atoms with Gasteiger partial charge in [-0.25, -0.2) is 4.98 Å². The molecule has 0 radical (unpaired) electrons. The van der Waals surface area contributed by atoms with Crippen molar-refractivity contribution in [3.05, 3.63) is 36.8 Å². The molecule has 74 valence electrons. The van der Waals surface area contributed by atoms with Crippen molar-refractivity contribution in [1.29, 1.82) is 0 Å². The number of aromatic nitrogens is 3. The van der Waals surface area contributed by atoms with Gasteiger partial charge in [0.2, 0.25) is 5.82 Å². The van der Waals surface area contributed by atoms with Crippen molar-refractivity contribution in [2.75, 3.05) is 0 Å². The highest BCUT2D eigenvalue weighted by Crippen LogP contribution is 2.19. The molecule has 0 saturated heterocycles. The van der Waals surface area contributed by atoms with Crippen molar-refractivity contribution in [2.45, 2.75) is 0 Å². The predicted molar refractivity (Wildman–Crippen MR) is 51.8 cm³/mol. The third-order valence-electron chi connectivity index (χ3n) is 1.98. The largest absolute Gasteiger partial charge is 0.461 e. The van der Waals surface area contributed by atoms with Crippen LogP contribution in [0.2, 0.25) is 0 Å². The Bertz CT molecular complexity index is 488. The van der Waals surface area contributed by atoms with Gasteiger partial charge in [0, 0.05) is 0 Å². The van der Waals surface area contributed by atoms with Crippen molar-refractivity contribution in [3.63, 3.8) is 0 Å². The van der Waals surface area contributed by atoms with Crippen molar-refractivity contribution in [3.8, 4) is 23.2 Å². The second kappa shape index (κ2) is 3.13. The summed E-state index contributed by atoms with van der Waals surface area (Å²) in [6.07, 6.45) is 3.17. The van der Waals surface area contributed by atoms with Crippen molar-refractivity contribution < 1.29 is 8.83 Å². The summed E-state index contributed by atoms with van der Waals surface area (Å²) in [6.45, 7) is 0. The Morgan fingerprint density at radius 2 is 1.73 bits per heavy atom. The minimum atomic E-state index is 0.520. The Labute approximate surface area is 84.8 Å². The summed E-state index contributed by atoms with van der Waals surface area (Å²) in [6, 6.07) is 7.20. The highest BCUT2D eigenvalue weighted by molar-refractivity contribution is 5.53. The van der Waals surface area contributed by atoms with E-state index in [-0.39, 0.29) is 0 Å². The van der Waals surface area contributed by atoms with Gasteiger partial charge in [-0.2, -0.15) is 0 Å². The van der Waals surface area contributed by atoms with Gasteiger partial charge in [-0.15, -0.1) is 5.10 Å². The smallest absolute Gasteiger partial charge is 0.217 e. The highest BCUT2D eigenvalue weighted by atomic mass is 16.3. The first-order valence-electron chi connectivity index (χ1n) is 4.43. The number of rotatable bonds is 2. The SMILES string of the molecule is c1coc(-c2n[nH]c(-c3ccco3)n2)c1. The predicted octanol–water partition coefficient (Wildman–Crippen LogP) is 2.32. The zero-order valence-electron chi connectivity index (χ0n) is 7.68. The number of furan rings is 2. The molecular weight excluding hydrogens is 194 g/mol. The fourth-order valence-corrected chi connectivity index (χ4v) is 1.30. The first-order chi connectivity index (χ1) is 7.43. The number of H-pyrrole nitrogens is 1. The molecule has 0 aliphatic rings. The van der Waals surface area contributed by atoms with Crippen LogP contribution in [-0.2, 0) is 0 Å². The van der Waals surface area contributed by atoms with Crippen LogP contribution in [0.4, 0.5) is 0 Å². The lowest BCUT2D eigenvalue weighted by molar-refractivity contribution is 0.576. The molecular formula is C10H7N3O2. The Morgan fingerprint density at radius 3 is 2.40 bits per heavy atom. The van der Waals surface area contributed by atoms with E-state index >= 15 is 0 Å². The highest BCUT2D eigenvalue weighted by Gasteiger charge is 2.10. The van der Waals surface area contributed by atoms with Gasteiger partial charge < -0.3 is 8.83 Å². The average Bonchev–Trinajstić information content (AvgIpc) is 3.02. The van der Waals surface area contributed by atoms with Crippen LogP contribution in [-0.4, -0.2) is 15.2 Å². The Morgan fingerprint density at radius 1 is 1.00 bits per heavy atom. The molecule has 0 aromatic carbocycles. The molecule has 3 rings (SSSR count). The third kappa shape index (κ3) is 1.34. The van der Waals surface area contributed by atoms with E-state index in [2.05, 4.69) is 15.2 Å². The van der Waals surface area contributed by atoms with E-state index in [4.69, 9.17) is 8.83 Å². The summed E-state index contributed by atoms with van der Waals surface area (Å²) >= 11 is 0. The number of nitrogens with one attached hydrogen (secondary N) is 1. The average molecular weight is 201 g/mol. The molecule has 0 spiro atoms. The summed E-state index contributed by atoms with van der Waals surface area (Å²) in [7, 11) is 0. The van der Waals surface area contributed by atoms with Crippen LogP contribution in [0.25, 0.3) is 23.2 Å². The molecule has 15 heavy (non-hydrogen) atoms. The number of hydrogen-bond donors (Lipinski definition) is 1. The number of hydrogen-bond acceptors (Lipinski definition) is 4. The third-order valence-corrected chi connectivity index (χ3v) is 1.98. The van der Waals surface area contributed by atoms with Gasteiger partial charge in [0.05, 0.1) is 12.5 Å². The zero-order valence-corrected chi connectivity index (χ0v) is 7.68. The monoisotopic (exact) mass is 201 g/mol. The molecule has 5 heteroatoms. The molecule has 3 heterocycles. The lowest BCUT2D eigenvalue weighted by Gasteiger charge is -1.85. The summed E-state index contributed by atoms with van der Waals surface area (Å²) in [5.41, 5.74) is 0. The van der Waals surface area contributed by atoms with Gasteiger partial charge in [0.15, 0.2) is 17.3 Å². The quantitative estimate of drug-likeness (QED) is 0.690. The van der Waals surface area contributed by atoms with E-state index in [1.165, 1.54) is 0 Å². The van der Waals surface area contributed by atoms with Crippen LogP contribution >= 0.6 is 0 Å². The van der Waals surface area contributed by atoms with E-state index < -0.39 is 0 Å². The number of aromatic amines is 1. The van der Waals surface area contributed by atoms with E-state index in [1.807, 2.05) is 6.07 Å². The normalized spacial score (nSPS) is 10.7.